The fourth-order valence-electron chi connectivity index (χ4n) is 2.11. The third-order valence-electron chi connectivity index (χ3n) is 3.37. The van der Waals surface area contributed by atoms with Crippen LogP contribution in [0.25, 0.3) is 11.1 Å². The molecule has 0 saturated heterocycles. The van der Waals surface area contributed by atoms with Crippen LogP contribution in [0.3, 0.4) is 0 Å². The second-order valence-electron chi connectivity index (χ2n) is 5.90. The Labute approximate surface area is 120 Å². The number of carbonyl (C=O) groups excluding carboxylic acids is 1. The molecule has 2 aromatic carbocycles. The van der Waals surface area contributed by atoms with Gasteiger partial charge in [-0.15, -0.1) is 0 Å². The summed E-state index contributed by atoms with van der Waals surface area (Å²) >= 11 is 0. The van der Waals surface area contributed by atoms with Gasteiger partial charge in [-0.25, -0.2) is 4.79 Å². The van der Waals surface area contributed by atoms with Crippen LogP contribution in [0.5, 0.6) is 0 Å². The lowest BCUT2D eigenvalue weighted by molar-refractivity contribution is 0.0601. The fraction of sp³-hybridized carbons (Fsp3) is 0.278. The van der Waals surface area contributed by atoms with Gasteiger partial charge in [-0.1, -0.05) is 57.2 Å². The number of hydrogen-bond donors (Lipinski definition) is 0. The molecule has 104 valence electrons. The normalized spacial score (nSPS) is 11.2. The molecule has 0 unspecified atom stereocenters. The lowest BCUT2D eigenvalue weighted by atomic mass is 9.86. The molecule has 2 aromatic rings. The van der Waals surface area contributed by atoms with Crippen molar-refractivity contribution in [1.29, 1.82) is 0 Å². The molecule has 0 aliphatic carbocycles. The van der Waals surface area contributed by atoms with Crippen LogP contribution < -0.4 is 0 Å². The molecule has 0 saturated carbocycles. The van der Waals surface area contributed by atoms with Gasteiger partial charge < -0.3 is 4.74 Å². The van der Waals surface area contributed by atoms with E-state index in [1.54, 1.807) is 6.07 Å². The minimum Gasteiger partial charge on any atom is -0.465 e. The summed E-state index contributed by atoms with van der Waals surface area (Å²) in [5.74, 6) is -0.307. The number of esters is 1. The van der Waals surface area contributed by atoms with Crippen LogP contribution in [0, 0.1) is 0 Å². The number of carbonyl (C=O) groups is 1. The minimum absolute atomic E-state index is 0.145. The van der Waals surface area contributed by atoms with Gasteiger partial charge in [-0.3, -0.25) is 0 Å². The molecule has 2 rings (SSSR count). The van der Waals surface area contributed by atoms with E-state index in [1.807, 2.05) is 18.2 Å². The van der Waals surface area contributed by atoms with Crippen molar-refractivity contribution in [3.05, 3.63) is 59.7 Å². The van der Waals surface area contributed by atoms with Crippen LogP contribution in [0.4, 0.5) is 0 Å². The van der Waals surface area contributed by atoms with Gasteiger partial charge in [-0.2, -0.15) is 0 Å². The van der Waals surface area contributed by atoms with Gasteiger partial charge in [0, 0.05) is 0 Å². The van der Waals surface area contributed by atoms with Crippen molar-refractivity contribution in [2.45, 2.75) is 26.2 Å². The zero-order valence-corrected chi connectivity index (χ0v) is 12.4. The molecule has 0 atom stereocenters. The standard InChI is InChI=1S/C18H20O2/c1-18(2,3)16-10-8-13(9-11-16)14-6-5-7-15(12-14)17(19)20-4/h5-12H,1-4H3. The Hall–Kier alpha value is -2.09. The Morgan fingerprint density at radius 3 is 2.15 bits per heavy atom. The Morgan fingerprint density at radius 2 is 1.60 bits per heavy atom. The molecule has 0 fully saturated rings. The molecule has 0 aromatic heterocycles. The average Bonchev–Trinajstić information content (AvgIpc) is 2.46. The van der Waals surface area contributed by atoms with Gasteiger partial charge in [0.2, 0.25) is 0 Å². The molecule has 2 nitrogen and oxygen atoms in total. The van der Waals surface area contributed by atoms with Crippen LogP contribution in [0.1, 0.15) is 36.7 Å². The minimum atomic E-state index is -0.307. The monoisotopic (exact) mass is 268 g/mol. The second kappa shape index (κ2) is 5.49. The number of ether oxygens (including phenoxy) is 1. The van der Waals surface area contributed by atoms with Crippen molar-refractivity contribution in [2.75, 3.05) is 7.11 Å². The molecule has 0 aliphatic rings. The van der Waals surface area contributed by atoms with Crippen molar-refractivity contribution >= 4 is 5.97 Å². The van der Waals surface area contributed by atoms with Gasteiger partial charge in [0.1, 0.15) is 0 Å². The van der Waals surface area contributed by atoms with Crippen LogP contribution in [0.15, 0.2) is 48.5 Å². The number of benzene rings is 2. The van der Waals surface area contributed by atoms with Crippen LogP contribution in [0.2, 0.25) is 0 Å². The van der Waals surface area contributed by atoms with E-state index in [1.165, 1.54) is 12.7 Å². The maximum atomic E-state index is 11.6. The van der Waals surface area contributed by atoms with E-state index in [-0.39, 0.29) is 11.4 Å². The average molecular weight is 268 g/mol. The summed E-state index contributed by atoms with van der Waals surface area (Å²) in [5.41, 5.74) is 4.14. The SMILES string of the molecule is COC(=O)c1cccc(-c2ccc(C(C)(C)C)cc2)c1. The summed E-state index contributed by atoms with van der Waals surface area (Å²) in [6.07, 6.45) is 0. The van der Waals surface area contributed by atoms with E-state index in [4.69, 9.17) is 4.74 Å². The highest BCUT2D eigenvalue weighted by atomic mass is 16.5. The molecule has 0 aliphatic heterocycles. The van der Waals surface area contributed by atoms with Crippen molar-refractivity contribution < 1.29 is 9.53 Å². The zero-order valence-electron chi connectivity index (χ0n) is 12.4. The van der Waals surface area contributed by atoms with Gasteiger partial charge >= 0.3 is 5.97 Å². The largest absolute Gasteiger partial charge is 0.465 e. The summed E-state index contributed by atoms with van der Waals surface area (Å²) in [6, 6.07) is 16.0. The molecule has 0 bridgehead atoms. The highest BCUT2D eigenvalue weighted by molar-refractivity contribution is 5.90. The lowest BCUT2D eigenvalue weighted by Gasteiger charge is -2.19. The predicted octanol–water partition coefficient (Wildman–Crippen LogP) is 4.44. The predicted molar refractivity (Wildman–Crippen MR) is 81.9 cm³/mol. The van der Waals surface area contributed by atoms with Crippen molar-refractivity contribution in [2.24, 2.45) is 0 Å². The fourth-order valence-corrected chi connectivity index (χ4v) is 2.11. The molecule has 0 heterocycles. The smallest absolute Gasteiger partial charge is 0.337 e. The van der Waals surface area contributed by atoms with E-state index in [2.05, 4.69) is 45.0 Å². The van der Waals surface area contributed by atoms with Crippen LogP contribution in [-0.2, 0) is 10.2 Å². The van der Waals surface area contributed by atoms with E-state index < -0.39 is 0 Å². The lowest BCUT2D eigenvalue weighted by Crippen LogP contribution is -2.10. The zero-order chi connectivity index (χ0) is 14.8. The number of hydrogen-bond acceptors (Lipinski definition) is 2. The summed E-state index contributed by atoms with van der Waals surface area (Å²) in [4.78, 5) is 11.6. The third kappa shape index (κ3) is 3.08. The summed E-state index contributed by atoms with van der Waals surface area (Å²) < 4.78 is 4.75. The Bertz CT molecular complexity index is 604. The van der Waals surface area contributed by atoms with Gasteiger partial charge in [0.05, 0.1) is 12.7 Å². The van der Waals surface area contributed by atoms with E-state index in [0.29, 0.717) is 5.56 Å². The molecular weight excluding hydrogens is 248 g/mol. The first kappa shape index (κ1) is 14.3. The summed E-state index contributed by atoms with van der Waals surface area (Å²) in [5, 5.41) is 0. The van der Waals surface area contributed by atoms with Gasteiger partial charge in [0.15, 0.2) is 0 Å². The third-order valence-corrected chi connectivity index (χ3v) is 3.37. The quantitative estimate of drug-likeness (QED) is 0.753. The molecular formula is C18H20O2. The maximum absolute atomic E-state index is 11.6. The van der Waals surface area contributed by atoms with Crippen LogP contribution in [-0.4, -0.2) is 13.1 Å². The van der Waals surface area contributed by atoms with Crippen molar-refractivity contribution in [3.63, 3.8) is 0 Å². The molecule has 0 radical (unpaired) electrons. The number of rotatable bonds is 2. The number of methoxy groups -OCH3 is 1. The maximum Gasteiger partial charge on any atom is 0.337 e. The van der Waals surface area contributed by atoms with Crippen LogP contribution >= 0.6 is 0 Å². The highest BCUT2D eigenvalue weighted by Crippen LogP contribution is 2.26. The van der Waals surface area contributed by atoms with E-state index in [0.717, 1.165) is 11.1 Å². The second-order valence-corrected chi connectivity index (χ2v) is 5.90. The first-order chi connectivity index (χ1) is 9.41. The van der Waals surface area contributed by atoms with Crippen molar-refractivity contribution in [3.8, 4) is 11.1 Å². The molecule has 0 spiro atoms. The highest BCUT2D eigenvalue weighted by Gasteiger charge is 2.13. The first-order valence-corrected chi connectivity index (χ1v) is 6.71. The topological polar surface area (TPSA) is 26.3 Å². The van der Waals surface area contributed by atoms with Gasteiger partial charge in [-0.05, 0) is 34.2 Å². The Balaban J connectivity index is 2.35. The van der Waals surface area contributed by atoms with Crippen molar-refractivity contribution in [1.82, 2.24) is 0 Å². The molecule has 0 amide bonds. The summed E-state index contributed by atoms with van der Waals surface area (Å²) in [7, 11) is 1.40. The molecule has 0 N–H and O–H groups in total. The van der Waals surface area contributed by atoms with E-state index >= 15 is 0 Å². The molecule has 2 heteroatoms. The first-order valence-electron chi connectivity index (χ1n) is 6.71. The Morgan fingerprint density at radius 1 is 0.950 bits per heavy atom. The summed E-state index contributed by atoms with van der Waals surface area (Å²) in [6.45, 7) is 6.58. The van der Waals surface area contributed by atoms with Gasteiger partial charge in [0.25, 0.3) is 0 Å². The Kier molecular flexibility index (Phi) is 3.93. The molecule has 20 heavy (non-hydrogen) atoms. The van der Waals surface area contributed by atoms with E-state index in [9.17, 15) is 4.79 Å².